The summed E-state index contributed by atoms with van der Waals surface area (Å²) in [5.74, 6) is -2.27. The van der Waals surface area contributed by atoms with E-state index >= 15 is 0 Å². The van der Waals surface area contributed by atoms with E-state index < -0.39 is 5.92 Å². The summed E-state index contributed by atoms with van der Waals surface area (Å²) in [7, 11) is 0. The zero-order chi connectivity index (χ0) is 10.9. The first-order valence-electron chi connectivity index (χ1n) is 5.12. The molecule has 1 N–H and O–H groups in total. The van der Waals surface area contributed by atoms with Crippen LogP contribution >= 0.6 is 0 Å². The van der Waals surface area contributed by atoms with Gasteiger partial charge in [0.25, 0.3) is 5.92 Å². The van der Waals surface area contributed by atoms with Crippen LogP contribution in [0, 0.1) is 0 Å². The molecule has 1 aromatic rings. The van der Waals surface area contributed by atoms with Crippen LogP contribution in [-0.4, -0.2) is 18.1 Å². The van der Waals surface area contributed by atoms with E-state index in [-0.39, 0.29) is 11.6 Å². The highest BCUT2D eigenvalue weighted by Gasteiger charge is 2.30. The van der Waals surface area contributed by atoms with Crippen LogP contribution in [0.15, 0.2) is 10.7 Å². The zero-order valence-corrected chi connectivity index (χ0v) is 8.59. The van der Waals surface area contributed by atoms with Crippen LogP contribution in [0.3, 0.4) is 0 Å². The largest absolute Gasteiger partial charge is 0.448 e. The molecule has 0 aromatic carbocycles. The minimum atomic E-state index is -2.91. The van der Waals surface area contributed by atoms with Crippen LogP contribution in [0.4, 0.5) is 8.78 Å². The molecule has 0 atom stereocenters. The Hall–Kier alpha value is -0.970. The van der Waals surface area contributed by atoms with Gasteiger partial charge < -0.3 is 9.73 Å². The number of aromatic nitrogens is 1. The summed E-state index contributed by atoms with van der Waals surface area (Å²) in [4.78, 5) is 3.86. The van der Waals surface area contributed by atoms with Gasteiger partial charge in [0, 0.05) is 12.8 Å². The normalized spacial score (nSPS) is 19.4. The molecule has 1 aliphatic heterocycles. The van der Waals surface area contributed by atoms with Gasteiger partial charge in [-0.1, -0.05) is 0 Å². The second kappa shape index (κ2) is 3.89. The third-order valence-electron chi connectivity index (χ3n) is 2.66. The molecule has 2 heterocycles. The highest BCUT2D eigenvalue weighted by atomic mass is 19.3. The Morgan fingerprint density at radius 2 is 2.13 bits per heavy atom. The molecule has 1 aliphatic rings. The number of nitrogens with one attached hydrogen (secondary N) is 1. The Morgan fingerprint density at radius 3 is 2.67 bits per heavy atom. The summed E-state index contributed by atoms with van der Waals surface area (Å²) in [6.07, 6.45) is 2.86. The molecule has 15 heavy (non-hydrogen) atoms. The van der Waals surface area contributed by atoms with E-state index in [0.717, 1.165) is 39.1 Å². The summed E-state index contributed by atoms with van der Waals surface area (Å²) in [5, 5.41) is 3.20. The number of rotatable bonds is 2. The molecule has 0 amide bonds. The fourth-order valence-corrected chi connectivity index (χ4v) is 1.75. The number of nitrogens with zero attached hydrogens (tertiary/aromatic N) is 1. The summed E-state index contributed by atoms with van der Waals surface area (Å²) in [5.41, 5.74) is -0.268. The van der Waals surface area contributed by atoms with E-state index in [2.05, 4.69) is 10.3 Å². The molecule has 5 heteroatoms. The summed E-state index contributed by atoms with van der Waals surface area (Å²) < 4.78 is 30.9. The van der Waals surface area contributed by atoms with E-state index in [4.69, 9.17) is 4.42 Å². The maximum absolute atomic E-state index is 12.9. The lowest BCUT2D eigenvalue weighted by atomic mass is 9.98. The molecular weight excluding hydrogens is 202 g/mol. The molecule has 84 valence electrons. The number of piperidine rings is 1. The van der Waals surface area contributed by atoms with E-state index in [1.54, 1.807) is 0 Å². The van der Waals surface area contributed by atoms with Gasteiger partial charge in [-0.2, -0.15) is 8.78 Å². The van der Waals surface area contributed by atoms with Crippen molar-refractivity contribution < 1.29 is 13.2 Å². The van der Waals surface area contributed by atoms with Gasteiger partial charge in [0.05, 0.1) is 0 Å². The molecule has 3 nitrogen and oxygen atoms in total. The monoisotopic (exact) mass is 216 g/mol. The van der Waals surface area contributed by atoms with E-state index in [0.29, 0.717) is 5.89 Å². The van der Waals surface area contributed by atoms with Gasteiger partial charge in [-0.3, -0.25) is 0 Å². The fraction of sp³-hybridized carbons (Fsp3) is 0.700. The number of alkyl halides is 2. The minimum absolute atomic E-state index is 0.183. The average molecular weight is 216 g/mol. The van der Waals surface area contributed by atoms with Crippen LogP contribution in [0.5, 0.6) is 0 Å². The first kappa shape index (κ1) is 10.5. The Kier molecular flexibility index (Phi) is 2.73. The average Bonchev–Trinajstić information content (AvgIpc) is 2.67. The third kappa shape index (κ3) is 2.34. The van der Waals surface area contributed by atoms with Crippen LogP contribution in [0.1, 0.15) is 37.3 Å². The molecule has 0 bridgehead atoms. The number of hydrogen-bond donors (Lipinski definition) is 1. The summed E-state index contributed by atoms with van der Waals surface area (Å²) in [6, 6.07) is 0. The number of oxazole rings is 1. The smallest absolute Gasteiger partial charge is 0.290 e. The highest BCUT2D eigenvalue weighted by molar-refractivity contribution is 5.06. The maximum Gasteiger partial charge on any atom is 0.290 e. The predicted octanol–water partition coefficient (Wildman–Crippen LogP) is 2.25. The first-order valence-corrected chi connectivity index (χ1v) is 5.12. The SMILES string of the molecule is CC(F)(F)c1coc(C2CCNCC2)n1. The highest BCUT2D eigenvalue weighted by Crippen LogP contribution is 2.30. The zero-order valence-electron chi connectivity index (χ0n) is 8.59. The summed E-state index contributed by atoms with van der Waals surface area (Å²) >= 11 is 0. The summed E-state index contributed by atoms with van der Waals surface area (Å²) in [6.45, 7) is 2.62. The maximum atomic E-state index is 12.9. The van der Waals surface area contributed by atoms with Gasteiger partial charge in [0.15, 0.2) is 5.89 Å². The minimum Gasteiger partial charge on any atom is -0.448 e. The first-order chi connectivity index (χ1) is 7.07. The molecule has 0 aliphatic carbocycles. The molecule has 1 aromatic heterocycles. The molecule has 0 unspecified atom stereocenters. The Morgan fingerprint density at radius 1 is 1.47 bits per heavy atom. The topological polar surface area (TPSA) is 38.1 Å². The molecule has 0 saturated carbocycles. The van der Waals surface area contributed by atoms with Crippen molar-refractivity contribution in [2.45, 2.75) is 31.6 Å². The Balaban J connectivity index is 2.12. The van der Waals surface area contributed by atoms with Crippen molar-refractivity contribution >= 4 is 0 Å². The van der Waals surface area contributed by atoms with Crippen molar-refractivity contribution in [2.75, 3.05) is 13.1 Å². The van der Waals surface area contributed by atoms with E-state index in [9.17, 15) is 8.78 Å². The van der Waals surface area contributed by atoms with Crippen LogP contribution in [-0.2, 0) is 5.92 Å². The van der Waals surface area contributed by atoms with E-state index in [1.165, 1.54) is 0 Å². The van der Waals surface area contributed by atoms with Crippen LogP contribution in [0.2, 0.25) is 0 Å². The second-order valence-electron chi connectivity index (χ2n) is 3.98. The van der Waals surface area contributed by atoms with Gasteiger partial charge in [-0.15, -0.1) is 0 Å². The lowest BCUT2D eigenvalue weighted by Crippen LogP contribution is -2.26. The van der Waals surface area contributed by atoms with Gasteiger partial charge in [0.2, 0.25) is 0 Å². The van der Waals surface area contributed by atoms with Gasteiger partial charge >= 0.3 is 0 Å². The molecule has 0 radical (unpaired) electrons. The molecular formula is C10H14F2N2O. The van der Waals surface area contributed by atoms with Crippen molar-refractivity contribution in [1.82, 2.24) is 10.3 Å². The van der Waals surface area contributed by atoms with Crippen molar-refractivity contribution in [3.8, 4) is 0 Å². The predicted molar refractivity (Wildman–Crippen MR) is 50.9 cm³/mol. The Labute approximate surface area is 86.9 Å². The Bertz CT molecular complexity index is 326. The van der Waals surface area contributed by atoms with Crippen molar-refractivity contribution in [3.63, 3.8) is 0 Å². The molecule has 1 saturated heterocycles. The van der Waals surface area contributed by atoms with Crippen molar-refractivity contribution in [2.24, 2.45) is 0 Å². The fourth-order valence-electron chi connectivity index (χ4n) is 1.75. The molecule has 2 rings (SSSR count). The van der Waals surface area contributed by atoms with Gasteiger partial charge in [0.1, 0.15) is 12.0 Å². The number of hydrogen-bond acceptors (Lipinski definition) is 3. The lowest BCUT2D eigenvalue weighted by molar-refractivity contribution is 0.0126. The third-order valence-corrected chi connectivity index (χ3v) is 2.66. The number of halogens is 2. The van der Waals surface area contributed by atoms with Crippen LogP contribution in [0.25, 0.3) is 0 Å². The van der Waals surface area contributed by atoms with Crippen molar-refractivity contribution in [3.05, 3.63) is 17.8 Å². The van der Waals surface area contributed by atoms with Crippen molar-refractivity contribution in [1.29, 1.82) is 0 Å². The quantitative estimate of drug-likeness (QED) is 0.824. The van der Waals surface area contributed by atoms with Crippen LogP contribution < -0.4 is 5.32 Å². The van der Waals surface area contributed by atoms with E-state index in [1.807, 2.05) is 0 Å². The van der Waals surface area contributed by atoms with Gasteiger partial charge in [-0.05, 0) is 25.9 Å². The molecule has 1 fully saturated rings. The van der Waals surface area contributed by atoms with Gasteiger partial charge in [-0.25, -0.2) is 4.98 Å². The second-order valence-corrected chi connectivity index (χ2v) is 3.98. The lowest BCUT2D eigenvalue weighted by Gasteiger charge is -2.19. The molecule has 0 spiro atoms. The standard InChI is InChI=1S/C10H14F2N2O/c1-10(11,12)8-6-15-9(14-8)7-2-4-13-5-3-7/h6-7,13H,2-5H2,1H3.